The molecule has 1 atom stereocenters. The van der Waals surface area contributed by atoms with Gasteiger partial charge in [-0.25, -0.2) is 9.37 Å². The first-order chi connectivity index (χ1) is 15.2. The molecular weight excluding hydrogens is 433 g/mol. The van der Waals surface area contributed by atoms with E-state index in [1.54, 1.807) is 19.1 Å². The zero-order valence-corrected chi connectivity index (χ0v) is 19.5. The molecule has 2 heterocycles. The van der Waals surface area contributed by atoms with Crippen molar-refractivity contribution in [2.75, 3.05) is 30.0 Å². The van der Waals surface area contributed by atoms with E-state index in [0.717, 1.165) is 12.8 Å². The highest BCUT2D eigenvalue weighted by molar-refractivity contribution is 6.30. The van der Waals surface area contributed by atoms with E-state index in [-0.39, 0.29) is 24.2 Å². The Morgan fingerprint density at radius 3 is 2.62 bits per heavy atom. The maximum Gasteiger partial charge on any atom is 0.303 e. The molecule has 1 aliphatic rings. The van der Waals surface area contributed by atoms with Crippen LogP contribution in [0.2, 0.25) is 5.02 Å². The van der Waals surface area contributed by atoms with Crippen LogP contribution in [0.25, 0.3) is 0 Å². The lowest BCUT2D eigenvalue weighted by molar-refractivity contribution is -0.137. The first-order valence-corrected chi connectivity index (χ1v) is 11.4. The minimum Gasteiger partial charge on any atom is -0.481 e. The van der Waals surface area contributed by atoms with Gasteiger partial charge in [0, 0.05) is 32.0 Å². The van der Waals surface area contributed by atoms with E-state index < -0.39 is 5.97 Å². The second-order valence-corrected chi connectivity index (χ2v) is 9.21. The van der Waals surface area contributed by atoms with Crippen molar-refractivity contribution in [2.24, 2.45) is 5.92 Å². The summed E-state index contributed by atoms with van der Waals surface area (Å²) in [4.78, 5) is 17.7. The number of halogens is 2. The minimum atomic E-state index is -0.917. The largest absolute Gasteiger partial charge is 0.481 e. The predicted molar refractivity (Wildman–Crippen MR) is 126 cm³/mol. The van der Waals surface area contributed by atoms with Crippen molar-refractivity contribution in [3.63, 3.8) is 0 Å². The van der Waals surface area contributed by atoms with Gasteiger partial charge >= 0.3 is 5.97 Å². The predicted octanol–water partition coefficient (Wildman–Crippen LogP) is 5.84. The number of carboxylic acids is 1. The number of anilines is 3. The lowest BCUT2D eigenvalue weighted by Gasteiger charge is -2.38. The highest BCUT2D eigenvalue weighted by atomic mass is 35.5. The van der Waals surface area contributed by atoms with E-state index in [1.807, 2.05) is 6.07 Å². The lowest BCUT2D eigenvalue weighted by atomic mass is 9.95. The molecule has 1 saturated heterocycles. The Hall–Kier alpha value is -2.38. The molecule has 32 heavy (non-hydrogen) atoms. The molecule has 0 saturated carbocycles. The molecule has 0 bridgehead atoms. The molecule has 6 nitrogen and oxygen atoms in total. The smallest absolute Gasteiger partial charge is 0.303 e. The number of benzene rings is 1. The lowest BCUT2D eigenvalue weighted by Crippen LogP contribution is -2.42. The van der Waals surface area contributed by atoms with Crippen molar-refractivity contribution in [3.05, 3.63) is 46.9 Å². The average molecular weight is 464 g/mol. The van der Waals surface area contributed by atoms with Gasteiger partial charge < -0.3 is 20.1 Å². The van der Waals surface area contributed by atoms with Crippen LogP contribution in [0, 0.1) is 11.7 Å². The molecule has 8 heteroatoms. The summed E-state index contributed by atoms with van der Waals surface area (Å²) in [5.41, 5.74) is 1.68. The number of ether oxygens (including phenoxy) is 1. The molecule has 0 unspecified atom stereocenters. The number of hydrogen-bond donors (Lipinski definition) is 2. The Labute approximate surface area is 193 Å². The third kappa shape index (κ3) is 6.33. The van der Waals surface area contributed by atoms with E-state index in [2.05, 4.69) is 29.0 Å². The number of aromatic nitrogens is 1. The third-order valence-electron chi connectivity index (χ3n) is 5.61. The van der Waals surface area contributed by atoms with Crippen LogP contribution in [0.5, 0.6) is 0 Å². The van der Waals surface area contributed by atoms with Crippen molar-refractivity contribution < 1.29 is 19.0 Å². The van der Waals surface area contributed by atoms with Gasteiger partial charge in [-0.1, -0.05) is 32.4 Å². The molecule has 0 amide bonds. The molecule has 0 spiro atoms. The van der Waals surface area contributed by atoms with Gasteiger partial charge in [0.2, 0.25) is 0 Å². The van der Waals surface area contributed by atoms with E-state index >= 15 is 4.39 Å². The van der Waals surface area contributed by atoms with E-state index in [4.69, 9.17) is 16.3 Å². The Morgan fingerprint density at radius 1 is 1.31 bits per heavy atom. The van der Waals surface area contributed by atoms with Gasteiger partial charge in [-0.3, -0.25) is 4.79 Å². The van der Waals surface area contributed by atoms with Crippen molar-refractivity contribution in [2.45, 2.75) is 52.0 Å². The number of carboxylic acid groups (broad SMARTS) is 1. The first-order valence-electron chi connectivity index (χ1n) is 11.0. The number of nitrogens with zero attached hydrogens (tertiary/aromatic N) is 2. The Balaban J connectivity index is 2.07. The molecule has 1 aromatic heterocycles. The van der Waals surface area contributed by atoms with Gasteiger partial charge in [0.05, 0.1) is 22.8 Å². The zero-order chi connectivity index (χ0) is 23.3. The average Bonchev–Trinajstić information content (AvgIpc) is 2.74. The normalized spacial score (nSPS) is 15.6. The van der Waals surface area contributed by atoms with Gasteiger partial charge in [0.1, 0.15) is 11.6 Å². The molecule has 1 aromatic carbocycles. The van der Waals surface area contributed by atoms with Crippen molar-refractivity contribution >= 4 is 34.8 Å². The van der Waals surface area contributed by atoms with Crippen LogP contribution in [0.4, 0.5) is 21.6 Å². The van der Waals surface area contributed by atoms with Crippen LogP contribution >= 0.6 is 11.6 Å². The number of aliphatic carboxylic acids is 1. The molecular formula is C24H31ClFN3O3. The maximum absolute atomic E-state index is 15.7. The Bertz CT molecular complexity index is 917. The highest BCUT2D eigenvalue weighted by Crippen LogP contribution is 2.38. The van der Waals surface area contributed by atoms with E-state index in [9.17, 15) is 9.90 Å². The summed E-state index contributed by atoms with van der Waals surface area (Å²) in [6, 6.07) is 6.92. The molecule has 2 aromatic rings. The maximum atomic E-state index is 15.7. The molecule has 3 rings (SSSR count). The van der Waals surface area contributed by atoms with E-state index in [1.165, 1.54) is 12.3 Å². The summed E-state index contributed by atoms with van der Waals surface area (Å²) in [6.07, 6.45) is 3.10. The van der Waals surface area contributed by atoms with Gasteiger partial charge in [0.25, 0.3) is 0 Å². The fourth-order valence-electron chi connectivity index (χ4n) is 4.07. The van der Waals surface area contributed by atoms with Gasteiger partial charge in [0.15, 0.2) is 0 Å². The van der Waals surface area contributed by atoms with Gasteiger partial charge in [-0.2, -0.15) is 0 Å². The van der Waals surface area contributed by atoms with E-state index in [0.29, 0.717) is 53.5 Å². The third-order valence-corrected chi connectivity index (χ3v) is 5.83. The summed E-state index contributed by atoms with van der Waals surface area (Å²) in [6.45, 7) is 8.00. The second-order valence-electron chi connectivity index (χ2n) is 8.77. The monoisotopic (exact) mass is 463 g/mol. The van der Waals surface area contributed by atoms with Crippen molar-refractivity contribution in [1.29, 1.82) is 0 Å². The number of carbonyl (C=O) groups is 1. The van der Waals surface area contributed by atoms with Crippen LogP contribution in [0.15, 0.2) is 30.5 Å². The summed E-state index contributed by atoms with van der Waals surface area (Å²) in [5.74, 6) is -0.766. The molecule has 2 N–H and O–H groups in total. The highest BCUT2D eigenvalue weighted by Gasteiger charge is 2.28. The zero-order valence-electron chi connectivity index (χ0n) is 18.8. The van der Waals surface area contributed by atoms with Gasteiger partial charge in [-0.05, 0) is 54.5 Å². The number of nitrogens with one attached hydrogen (secondary N) is 1. The topological polar surface area (TPSA) is 74.7 Å². The number of hydrogen-bond acceptors (Lipinski definition) is 5. The summed E-state index contributed by atoms with van der Waals surface area (Å²) < 4.78 is 21.3. The Morgan fingerprint density at radius 2 is 2.03 bits per heavy atom. The quantitative estimate of drug-likeness (QED) is 0.486. The molecule has 174 valence electrons. The second kappa shape index (κ2) is 11.0. The Kier molecular flexibility index (Phi) is 8.32. The minimum absolute atomic E-state index is 0.0763. The SMILES string of the molecule is CC(C)CN(c1c(F)cc([C@H](C)CC(=O)O)cc1Nc1ccc(Cl)cn1)C1CCOCC1. The fourth-order valence-corrected chi connectivity index (χ4v) is 4.18. The molecule has 1 fully saturated rings. The van der Waals surface area contributed by atoms with Crippen LogP contribution in [-0.4, -0.2) is 41.9 Å². The first kappa shape index (κ1) is 24.3. The molecule has 1 aliphatic heterocycles. The standard InChI is InChI=1S/C24H31ClFN3O3/c1-15(2)14-29(19-6-8-32-9-7-19)24-20(26)11-17(16(3)10-23(30)31)12-21(24)28-22-5-4-18(25)13-27-22/h4-5,11-13,15-16,19H,6-10,14H2,1-3H3,(H,27,28)(H,30,31)/t16-/m1/s1. The van der Waals surface area contributed by atoms with Crippen LogP contribution < -0.4 is 10.2 Å². The van der Waals surface area contributed by atoms with Crippen molar-refractivity contribution in [3.8, 4) is 0 Å². The summed E-state index contributed by atoms with van der Waals surface area (Å²) in [7, 11) is 0. The molecule has 0 aliphatic carbocycles. The number of rotatable bonds is 9. The fraction of sp³-hybridized carbons (Fsp3) is 0.500. The van der Waals surface area contributed by atoms with Crippen molar-refractivity contribution in [1.82, 2.24) is 4.98 Å². The summed E-state index contributed by atoms with van der Waals surface area (Å²) in [5, 5.41) is 13.0. The number of pyridine rings is 1. The van der Waals surface area contributed by atoms with Crippen LogP contribution in [0.3, 0.4) is 0 Å². The van der Waals surface area contributed by atoms with Crippen LogP contribution in [0.1, 0.15) is 51.5 Å². The van der Waals surface area contributed by atoms with Gasteiger partial charge in [-0.15, -0.1) is 0 Å². The molecule has 0 radical (unpaired) electrons. The van der Waals surface area contributed by atoms with Crippen LogP contribution in [-0.2, 0) is 9.53 Å². The summed E-state index contributed by atoms with van der Waals surface area (Å²) >= 11 is 5.97.